The predicted molar refractivity (Wildman–Crippen MR) is 77.9 cm³/mol. The van der Waals surface area contributed by atoms with E-state index in [1.54, 1.807) is 24.4 Å². The summed E-state index contributed by atoms with van der Waals surface area (Å²) >= 11 is 1.30. The van der Waals surface area contributed by atoms with E-state index in [-0.39, 0.29) is 4.90 Å². The average molecular weight is 310 g/mol. The SMILES string of the molecule is CN(C)S(=O)(=O)c1ccc(N)c(Sc2ccncn2)c1. The van der Waals surface area contributed by atoms with Crippen molar-refractivity contribution in [1.82, 2.24) is 14.3 Å². The third kappa shape index (κ3) is 3.09. The molecule has 106 valence electrons. The standard InChI is InChI=1S/C12H14N4O2S2/c1-16(2)20(17,18)9-3-4-10(13)11(7-9)19-12-5-6-14-8-15-12/h3-8H,13H2,1-2H3. The maximum Gasteiger partial charge on any atom is 0.242 e. The molecule has 0 atom stereocenters. The highest BCUT2D eigenvalue weighted by atomic mass is 32.2. The van der Waals surface area contributed by atoms with E-state index in [0.29, 0.717) is 15.6 Å². The maximum absolute atomic E-state index is 12.1. The molecular formula is C12H14N4O2S2. The maximum atomic E-state index is 12.1. The fraction of sp³-hybridized carbons (Fsp3) is 0.167. The highest BCUT2D eigenvalue weighted by Crippen LogP contribution is 2.32. The number of nitrogen functional groups attached to an aromatic ring is 1. The summed E-state index contributed by atoms with van der Waals surface area (Å²) in [5.41, 5.74) is 6.39. The minimum absolute atomic E-state index is 0.202. The van der Waals surface area contributed by atoms with Gasteiger partial charge in [0.05, 0.1) is 4.90 Å². The molecule has 1 aromatic carbocycles. The first-order valence-electron chi connectivity index (χ1n) is 5.67. The molecule has 0 spiro atoms. The van der Waals surface area contributed by atoms with Gasteiger partial charge in [-0.1, -0.05) is 11.8 Å². The van der Waals surface area contributed by atoms with E-state index in [4.69, 9.17) is 5.73 Å². The van der Waals surface area contributed by atoms with E-state index in [1.165, 1.54) is 38.3 Å². The fourth-order valence-electron chi connectivity index (χ4n) is 1.43. The Morgan fingerprint density at radius 2 is 2.00 bits per heavy atom. The Labute approximate surface area is 122 Å². The summed E-state index contributed by atoms with van der Waals surface area (Å²) in [6.07, 6.45) is 3.05. The second-order valence-electron chi connectivity index (χ2n) is 4.14. The van der Waals surface area contributed by atoms with E-state index in [1.807, 2.05) is 0 Å². The summed E-state index contributed by atoms with van der Waals surface area (Å²) in [5, 5.41) is 0.700. The number of sulfonamides is 1. The van der Waals surface area contributed by atoms with Gasteiger partial charge in [0.15, 0.2) is 0 Å². The zero-order valence-corrected chi connectivity index (χ0v) is 12.6. The van der Waals surface area contributed by atoms with E-state index < -0.39 is 10.0 Å². The number of anilines is 1. The molecule has 0 aliphatic heterocycles. The summed E-state index contributed by atoms with van der Waals surface area (Å²) in [6.45, 7) is 0. The lowest BCUT2D eigenvalue weighted by Crippen LogP contribution is -2.22. The predicted octanol–water partition coefficient (Wildman–Crippen LogP) is 1.46. The Hall–Kier alpha value is -1.64. The van der Waals surface area contributed by atoms with E-state index >= 15 is 0 Å². The van der Waals surface area contributed by atoms with Crippen molar-refractivity contribution >= 4 is 27.5 Å². The third-order valence-electron chi connectivity index (χ3n) is 2.53. The molecule has 0 amide bonds. The van der Waals surface area contributed by atoms with Crippen molar-refractivity contribution in [2.45, 2.75) is 14.8 Å². The minimum atomic E-state index is -3.48. The van der Waals surface area contributed by atoms with Crippen LogP contribution in [0.25, 0.3) is 0 Å². The summed E-state index contributed by atoms with van der Waals surface area (Å²) in [4.78, 5) is 8.76. The normalized spacial score (nSPS) is 11.8. The molecule has 0 aliphatic carbocycles. The molecule has 2 N–H and O–H groups in total. The van der Waals surface area contributed by atoms with Crippen LogP contribution in [0.1, 0.15) is 0 Å². The summed E-state index contributed by atoms with van der Waals surface area (Å²) in [6, 6.07) is 6.36. The van der Waals surface area contributed by atoms with Crippen LogP contribution in [0.5, 0.6) is 0 Å². The van der Waals surface area contributed by atoms with Crippen LogP contribution in [0.15, 0.2) is 51.6 Å². The van der Waals surface area contributed by atoms with Gasteiger partial charge in [-0.2, -0.15) is 0 Å². The van der Waals surface area contributed by atoms with Gasteiger partial charge in [-0.05, 0) is 24.3 Å². The van der Waals surface area contributed by atoms with Crippen LogP contribution in [0.4, 0.5) is 5.69 Å². The number of hydrogen-bond donors (Lipinski definition) is 1. The first-order chi connectivity index (χ1) is 9.41. The molecular weight excluding hydrogens is 296 g/mol. The monoisotopic (exact) mass is 310 g/mol. The molecule has 0 radical (unpaired) electrons. The molecule has 0 aliphatic rings. The first-order valence-corrected chi connectivity index (χ1v) is 7.93. The van der Waals surface area contributed by atoms with Gasteiger partial charge in [-0.15, -0.1) is 0 Å². The molecule has 20 heavy (non-hydrogen) atoms. The molecule has 0 fully saturated rings. The summed E-state index contributed by atoms with van der Waals surface area (Å²) in [7, 11) is -0.499. The van der Waals surface area contributed by atoms with E-state index in [2.05, 4.69) is 9.97 Å². The zero-order chi connectivity index (χ0) is 14.8. The Morgan fingerprint density at radius 1 is 1.25 bits per heavy atom. The molecule has 2 rings (SSSR count). The van der Waals surface area contributed by atoms with Crippen LogP contribution in [-0.4, -0.2) is 36.8 Å². The van der Waals surface area contributed by atoms with Crippen molar-refractivity contribution in [2.24, 2.45) is 0 Å². The highest BCUT2D eigenvalue weighted by Gasteiger charge is 2.18. The number of aromatic nitrogens is 2. The third-order valence-corrected chi connectivity index (χ3v) is 5.37. The van der Waals surface area contributed by atoms with Crippen molar-refractivity contribution in [2.75, 3.05) is 19.8 Å². The van der Waals surface area contributed by atoms with Crippen molar-refractivity contribution in [3.8, 4) is 0 Å². The van der Waals surface area contributed by atoms with Crippen LogP contribution >= 0.6 is 11.8 Å². The van der Waals surface area contributed by atoms with Crippen LogP contribution in [-0.2, 0) is 10.0 Å². The van der Waals surface area contributed by atoms with Crippen molar-refractivity contribution < 1.29 is 8.42 Å². The molecule has 0 unspecified atom stereocenters. The molecule has 1 heterocycles. The lowest BCUT2D eigenvalue weighted by Gasteiger charge is -2.13. The summed E-state index contributed by atoms with van der Waals surface area (Å²) in [5.74, 6) is 0. The Balaban J connectivity index is 2.40. The first kappa shape index (κ1) is 14.8. The molecule has 8 heteroatoms. The lowest BCUT2D eigenvalue weighted by molar-refractivity contribution is 0.520. The number of rotatable bonds is 4. The van der Waals surface area contributed by atoms with Gasteiger partial charge < -0.3 is 5.73 Å². The largest absolute Gasteiger partial charge is 0.398 e. The Morgan fingerprint density at radius 3 is 2.60 bits per heavy atom. The number of hydrogen-bond acceptors (Lipinski definition) is 6. The molecule has 0 saturated carbocycles. The molecule has 0 saturated heterocycles. The van der Waals surface area contributed by atoms with Gasteiger partial charge in [-0.3, -0.25) is 0 Å². The second-order valence-corrected chi connectivity index (χ2v) is 7.35. The highest BCUT2D eigenvalue weighted by molar-refractivity contribution is 7.99. The average Bonchev–Trinajstić information content (AvgIpc) is 2.42. The quantitative estimate of drug-likeness (QED) is 0.679. The number of nitrogens with zero attached hydrogens (tertiary/aromatic N) is 3. The van der Waals surface area contributed by atoms with Gasteiger partial charge in [0.25, 0.3) is 0 Å². The smallest absolute Gasteiger partial charge is 0.242 e. The molecule has 2 aromatic rings. The van der Waals surface area contributed by atoms with Crippen LogP contribution in [0.2, 0.25) is 0 Å². The minimum Gasteiger partial charge on any atom is -0.398 e. The second kappa shape index (κ2) is 5.78. The number of nitrogens with two attached hydrogens (primary N) is 1. The zero-order valence-electron chi connectivity index (χ0n) is 11.0. The topological polar surface area (TPSA) is 89.2 Å². The summed E-state index contributed by atoms with van der Waals surface area (Å²) < 4.78 is 25.4. The van der Waals surface area contributed by atoms with Crippen molar-refractivity contribution in [3.63, 3.8) is 0 Å². The van der Waals surface area contributed by atoms with Crippen LogP contribution in [0, 0.1) is 0 Å². The van der Waals surface area contributed by atoms with Gasteiger partial charge in [0.1, 0.15) is 11.4 Å². The van der Waals surface area contributed by atoms with E-state index in [9.17, 15) is 8.42 Å². The molecule has 0 bridgehead atoms. The molecule has 1 aromatic heterocycles. The number of benzene rings is 1. The Kier molecular flexibility index (Phi) is 4.26. The Bertz CT molecular complexity index is 703. The molecule has 6 nitrogen and oxygen atoms in total. The fourth-order valence-corrected chi connectivity index (χ4v) is 3.25. The van der Waals surface area contributed by atoms with Gasteiger partial charge in [0.2, 0.25) is 10.0 Å². The lowest BCUT2D eigenvalue weighted by atomic mass is 10.3. The van der Waals surface area contributed by atoms with Crippen molar-refractivity contribution in [1.29, 1.82) is 0 Å². The van der Waals surface area contributed by atoms with Crippen LogP contribution in [0.3, 0.4) is 0 Å². The van der Waals surface area contributed by atoms with Gasteiger partial charge in [0, 0.05) is 30.9 Å². The van der Waals surface area contributed by atoms with Gasteiger partial charge >= 0.3 is 0 Å². The van der Waals surface area contributed by atoms with E-state index in [0.717, 1.165) is 4.31 Å². The van der Waals surface area contributed by atoms with Gasteiger partial charge in [-0.25, -0.2) is 22.7 Å². The van der Waals surface area contributed by atoms with Crippen molar-refractivity contribution in [3.05, 3.63) is 36.8 Å². The van der Waals surface area contributed by atoms with Crippen LogP contribution < -0.4 is 5.73 Å².